The zero-order valence-corrected chi connectivity index (χ0v) is 10.0. The predicted octanol–water partition coefficient (Wildman–Crippen LogP) is 1.24. The van der Waals surface area contributed by atoms with Gasteiger partial charge in [0, 0.05) is 19.6 Å². The van der Waals surface area contributed by atoms with Crippen LogP contribution in [0.1, 0.15) is 5.56 Å². The molecule has 0 aromatic carbocycles. The van der Waals surface area contributed by atoms with E-state index in [-0.39, 0.29) is 6.10 Å². The molecule has 0 saturated carbocycles. The SMILES string of the molecule is NC(=S)C1CN(Cc2ccsc2)CCO1. The minimum absolute atomic E-state index is 0.0765. The molecule has 3 nitrogen and oxygen atoms in total. The third kappa shape index (κ3) is 2.98. The third-order valence-corrected chi connectivity index (χ3v) is 3.45. The second-order valence-corrected chi connectivity index (χ2v) is 4.88. The zero-order valence-electron chi connectivity index (χ0n) is 8.39. The molecule has 0 amide bonds. The Labute approximate surface area is 98.8 Å². The van der Waals surface area contributed by atoms with Crippen LogP contribution in [0.25, 0.3) is 0 Å². The average Bonchev–Trinajstić information content (AvgIpc) is 2.71. The molecule has 0 bridgehead atoms. The smallest absolute Gasteiger partial charge is 0.120 e. The van der Waals surface area contributed by atoms with Gasteiger partial charge < -0.3 is 10.5 Å². The van der Waals surface area contributed by atoms with Crippen molar-refractivity contribution in [3.05, 3.63) is 22.4 Å². The van der Waals surface area contributed by atoms with Gasteiger partial charge in [-0.15, -0.1) is 0 Å². The summed E-state index contributed by atoms with van der Waals surface area (Å²) >= 11 is 6.67. The summed E-state index contributed by atoms with van der Waals surface area (Å²) in [5.74, 6) is 0. The Morgan fingerprint density at radius 2 is 2.60 bits per heavy atom. The Hall–Kier alpha value is -0.490. The monoisotopic (exact) mass is 242 g/mol. The highest BCUT2D eigenvalue weighted by Crippen LogP contribution is 2.13. The molecule has 0 radical (unpaired) electrons. The topological polar surface area (TPSA) is 38.5 Å². The van der Waals surface area contributed by atoms with Crippen molar-refractivity contribution in [2.45, 2.75) is 12.6 Å². The molecule has 1 fully saturated rings. The maximum atomic E-state index is 5.58. The van der Waals surface area contributed by atoms with Crippen LogP contribution in [0.5, 0.6) is 0 Å². The van der Waals surface area contributed by atoms with Gasteiger partial charge in [0.25, 0.3) is 0 Å². The molecule has 82 valence electrons. The highest BCUT2D eigenvalue weighted by Gasteiger charge is 2.22. The van der Waals surface area contributed by atoms with Crippen molar-refractivity contribution in [1.82, 2.24) is 4.90 Å². The van der Waals surface area contributed by atoms with Crippen molar-refractivity contribution in [3.8, 4) is 0 Å². The Kier molecular flexibility index (Phi) is 3.69. The summed E-state index contributed by atoms with van der Waals surface area (Å²) in [5.41, 5.74) is 6.94. The van der Waals surface area contributed by atoms with Crippen LogP contribution in [-0.4, -0.2) is 35.7 Å². The molecule has 1 unspecified atom stereocenters. The molecule has 2 N–H and O–H groups in total. The van der Waals surface area contributed by atoms with Crippen molar-refractivity contribution in [3.63, 3.8) is 0 Å². The van der Waals surface area contributed by atoms with Crippen LogP contribution in [0.2, 0.25) is 0 Å². The lowest BCUT2D eigenvalue weighted by Crippen LogP contribution is -2.47. The van der Waals surface area contributed by atoms with E-state index in [0.717, 1.165) is 19.6 Å². The van der Waals surface area contributed by atoms with Crippen LogP contribution in [0.4, 0.5) is 0 Å². The fraction of sp³-hybridized carbons (Fsp3) is 0.500. The zero-order chi connectivity index (χ0) is 10.7. The first-order valence-corrected chi connectivity index (χ1v) is 6.25. The van der Waals surface area contributed by atoms with Crippen LogP contribution in [0, 0.1) is 0 Å². The first-order valence-electron chi connectivity index (χ1n) is 4.90. The van der Waals surface area contributed by atoms with Crippen molar-refractivity contribution < 1.29 is 4.74 Å². The van der Waals surface area contributed by atoms with Gasteiger partial charge in [-0.05, 0) is 22.4 Å². The van der Waals surface area contributed by atoms with Gasteiger partial charge in [0.2, 0.25) is 0 Å². The number of thiocarbonyl (C=S) groups is 1. The largest absolute Gasteiger partial charge is 0.391 e. The lowest BCUT2D eigenvalue weighted by molar-refractivity contribution is 0.00395. The first-order chi connectivity index (χ1) is 7.25. The fourth-order valence-electron chi connectivity index (χ4n) is 1.66. The summed E-state index contributed by atoms with van der Waals surface area (Å²) in [6.07, 6.45) is -0.0765. The lowest BCUT2D eigenvalue weighted by atomic mass is 10.2. The minimum Gasteiger partial charge on any atom is -0.391 e. The first kappa shape index (κ1) is 11.0. The molecule has 1 saturated heterocycles. The second-order valence-electron chi connectivity index (χ2n) is 3.63. The molecule has 5 heteroatoms. The van der Waals surface area contributed by atoms with Gasteiger partial charge in [0.05, 0.1) is 6.61 Å². The normalized spacial score (nSPS) is 22.8. The van der Waals surface area contributed by atoms with Crippen molar-refractivity contribution in [2.75, 3.05) is 19.7 Å². The molecule has 0 aliphatic carbocycles. The summed E-state index contributed by atoms with van der Waals surface area (Å²) in [7, 11) is 0. The van der Waals surface area contributed by atoms with Crippen molar-refractivity contribution >= 4 is 28.5 Å². The predicted molar refractivity (Wildman–Crippen MR) is 66.1 cm³/mol. The molecular formula is C10H14N2OS2. The molecule has 2 heterocycles. The molecular weight excluding hydrogens is 228 g/mol. The third-order valence-electron chi connectivity index (χ3n) is 2.45. The van der Waals surface area contributed by atoms with E-state index >= 15 is 0 Å². The van der Waals surface area contributed by atoms with E-state index in [9.17, 15) is 0 Å². The Bertz CT molecular complexity index is 326. The summed E-state index contributed by atoms with van der Waals surface area (Å²) in [6, 6.07) is 2.15. The van der Waals surface area contributed by atoms with E-state index in [1.165, 1.54) is 5.56 Å². The van der Waals surface area contributed by atoms with Crippen LogP contribution >= 0.6 is 23.6 Å². The van der Waals surface area contributed by atoms with E-state index in [4.69, 9.17) is 22.7 Å². The molecule has 1 aromatic heterocycles. The molecule has 1 aliphatic rings. The highest BCUT2D eigenvalue weighted by molar-refractivity contribution is 7.80. The van der Waals surface area contributed by atoms with Crippen molar-refractivity contribution in [2.24, 2.45) is 5.73 Å². The van der Waals surface area contributed by atoms with E-state index < -0.39 is 0 Å². The second kappa shape index (κ2) is 5.03. The van der Waals surface area contributed by atoms with Gasteiger partial charge in [-0.25, -0.2) is 0 Å². The number of morpholine rings is 1. The molecule has 2 rings (SSSR count). The standard InChI is InChI=1S/C10H14N2OS2/c11-10(14)9-6-12(2-3-13-9)5-8-1-4-15-7-8/h1,4,7,9H,2-3,5-6H2,(H2,11,14). The molecule has 1 aliphatic heterocycles. The van der Waals surface area contributed by atoms with Gasteiger partial charge in [-0.2, -0.15) is 11.3 Å². The van der Waals surface area contributed by atoms with Crippen LogP contribution < -0.4 is 5.73 Å². The molecule has 1 atom stereocenters. The van der Waals surface area contributed by atoms with E-state index in [1.807, 2.05) is 0 Å². The van der Waals surface area contributed by atoms with Crippen molar-refractivity contribution in [1.29, 1.82) is 0 Å². The highest BCUT2D eigenvalue weighted by atomic mass is 32.1. The number of nitrogens with two attached hydrogens (primary N) is 1. The summed E-state index contributed by atoms with van der Waals surface area (Å²) in [5, 5.41) is 4.27. The number of nitrogens with zero attached hydrogens (tertiary/aromatic N) is 1. The number of rotatable bonds is 3. The van der Waals surface area contributed by atoms with Gasteiger partial charge in [-0.3, -0.25) is 4.90 Å². The van der Waals surface area contributed by atoms with E-state index in [0.29, 0.717) is 11.6 Å². The number of thiophene rings is 1. The number of hydrogen-bond acceptors (Lipinski definition) is 4. The number of ether oxygens (including phenoxy) is 1. The van der Waals surface area contributed by atoms with Crippen LogP contribution in [0.3, 0.4) is 0 Å². The minimum atomic E-state index is -0.0765. The van der Waals surface area contributed by atoms with Gasteiger partial charge in [-0.1, -0.05) is 12.2 Å². The maximum Gasteiger partial charge on any atom is 0.120 e. The summed E-state index contributed by atoms with van der Waals surface area (Å²) in [4.78, 5) is 2.79. The van der Waals surface area contributed by atoms with Gasteiger partial charge in [0.15, 0.2) is 0 Å². The van der Waals surface area contributed by atoms with Crippen LogP contribution in [0.15, 0.2) is 16.8 Å². The Morgan fingerprint density at radius 3 is 3.27 bits per heavy atom. The summed E-state index contributed by atoms with van der Waals surface area (Å²) in [6.45, 7) is 3.44. The summed E-state index contributed by atoms with van der Waals surface area (Å²) < 4.78 is 5.48. The molecule has 1 aromatic rings. The average molecular weight is 242 g/mol. The Balaban J connectivity index is 1.90. The van der Waals surface area contributed by atoms with Crippen LogP contribution in [-0.2, 0) is 11.3 Å². The van der Waals surface area contributed by atoms with Gasteiger partial charge >= 0.3 is 0 Å². The quantitative estimate of drug-likeness (QED) is 0.809. The van der Waals surface area contributed by atoms with E-state index in [2.05, 4.69) is 21.7 Å². The maximum absolute atomic E-state index is 5.58. The lowest BCUT2D eigenvalue weighted by Gasteiger charge is -2.32. The fourth-order valence-corrected chi connectivity index (χ4v) is 2.46. The molecule has 0 spiro atoms. The number of hydrogen-bond donors (Lipinski definition) is 1. The van der Waals surface area contributed by atoms with E-state index in [1.54, 1.807) is 11.3 Å². The van der Waals surface area contributed by atoms with Gasteiger partial charge in [0.1, 0.15) is 11.1 Å². The molecule has 15 heavy (non-hydrogen) atoms. The Morgan fingerprint density at radius 1 is 1.73 bits per heavy atom.